The first kappa shape index (κ1) is 17.9. The molecule has 1 amide bonds. The van der Waals surface area contributed by atoms with Crippen molar-refractivity contribution in [2.75, 3.05) is 11.1 Å². The Morgan fingerprint density at radius 1 is 1.11 bits per heavy atom. The third-order valence-corrected chi connectivity index (χ3v) is 5.75. The highest BCUT2D eigenvalue weighted by molar-refractivity contribution is 7.99. The van der Waals surface area contributed by atoms with Crippen molar-refractivity contribution in [2.24, 2.45) is 0 Å². The maximum Gasteiger partial charge on any atom is 0.236 e. The predicted molar refractivity (Wildman–Crippen MR) is 111 cm³/mol. The molecule has 0 radical (unpaired) electrons. The number of nitrogens with zero attached hydrogens (tertiary/aromatic N) is 3. The molecule has 134 valence electrons. The number of fused-ring (bicyclic) bond motifs is 1. The lowest BCUT2D eigenvalue weighted by molar-refractivity contribution is -0.113. The van der Waals surface area contributed by atoms with Crippen LogP contribution in [-0.2, 0) is 4.79 Å². The Labute approximate surface area is 168 Å². The summed E-state index contributed by atoms with van der Waals surface area (Å²) in [4.78, 5) is 25.2. The Hall–Kier alpha value is -2.48. The number of halogens is 1. The minimum absolute atomic E-state index is 0.134. The minimum Gasteiger partial charge on any atom is -0.301 e. The van der Waals surface area contributed by atoms with Crippen LogP contribution >= 0.6 is 34.7 Å². The summed E-state index contributed by atoms with van der Waals surface area (Å²) in [6.07, 6.45) is 1.51. The molecule has 0 bridgehead atoms. The molecule has 4 aromatic rings. The highest BCUT2D eigenvalue weighted by Gasteiger charge is 2.10. The van der Waals surface area contributed by atoms with Crippen molar-refractivity contribution in [1.82, 2.24) is 15.0 Å². The maximum atomic E-state index is 12.2. The number of thiazole rings is 1. The van der Waals surface area contributed by atoms with Crippen molar-refractivity contribution in [3.8, 4) is 11.3 Å². The first-order valence-corrected chi connectivity index (χ1v) is 10.2. The molecule has 0 aliphatic rings. The highest BCUT2D eigenvalue weighted by Crippen LogP contribution is 2.28. The molecule has 27 heavy (non-hydrogen) atoms. The zero-order valence-corrected chi connectivity index (χ0v) is 16.3. The molecular formula is C19H13ClN4OS2. The second-order valence-electron chi connectivity index (χ2n) is 5.58. The molecule has 0 spiro atoms. The van der Waals surface area contributed by atoms with Gasteiger partial charge in [-0.25, -0.2) is 15.0 Å². The summed E-state index contributed by atoms with van der Waals surface area (Å²) in [7, 11) is 0. The van der Waals surface area contributed by atoms with Crippen LogP contribution in [0.5, 0.6) is 0 Å². The normalized spacial score (nSPS) is 10.9. The smallest absolute Gasteiger partial charge is 0.236 e. The molecule has 2 heterocycles. The van der Waals surface area contributed by atoms with Gasteiger partial charge in [0.1, 0.15) is 11.4 Å². The Bertz CT molecular complexity index is 1100. The van der Waals surface area contributed by atoms with Gasteiger partial charge in [0.05, 0.1) is 21.7 Å². The van der Waals surface area contributed by atoms with Gasteiger partial charge in [-0.3, -0.25) is 4.79 Å². The molecule has 0 aliphatic heterocycles. The number of rotatable bonds is 5. The van der Waals surface area contributed by atoms with Gasteiger partial charge in [0.15, 0.2) is 5.13 Å². The number of amides is 1. The summed E-state index contributed by atoms with van der Waals surface area (Å²) in [5.41, 5.74) is 2.66. The fourth-order valence-corrected chi connectivity index (χ4v) is 4.26. The topological polar surface area (TPSA) is 67.8 Å². The van der Waals surface area contributed by atoms with Crippen molar-refractivity contribution < 1.29 is 4.79 Å². The van der Waals surface area contributed by atoms with E-state index in [0.29, 0.717) is 10.2 Å². The van der Waals surface area contributed by atoms with Crippen molar-refractivity contribution >= 4 is 56.0 Å². The van der Waals surface area contributed by atoms with Crippen LogP contribution in [0.3, 0.4) is 0 Å². The Kier molecular flexibility index (Phi) is 5.33. The molecular weight excluding hydrogens is 400 g/mol. The van der Waals surface area contributed by atoms with Crippen LogP contribution in [0.4, 0.5) is 5.13 Å². The van der Waals surface area contributed by atoms with Crippen LogP contribution in [0.1, 0.15) is 0 Å². The van der Waals surface area contributed by atoms with Gasteiger partial charge in [0.25, 0.3) is 0 Å². The van der Waals surface area contributed by atoms with Gasteiger partial charge < -0.3 is 5.32 Å². The molecule has 2 aromatic heterocycles. The lowest BCUT2D eigenvalue weighted by Gasteiger charge is -2.04. The van der Waals surface area contributed by atoms with E-state index in [4.69, 9.17) is 11.6 Å². The quantitative estimate of drug-likeness (QED) is 0.363. The molecule has 1 N–H and O–H groups in total. The van der Waals surface area contributed by atoms with E-state index in [0.717, 1.165) is 26.5 Å². The van der Waals surface area contributed by atoms with Crippen LogP contribution in [0, 0.1) is 0 Å². The minimum atomic E-state index is -0.134. The summed E-state index contributed by atoms with van der Waals surface area (Å²) in [5, 5.41) is 4.79. The van der Waals surface area contributed by atoms with E-state index in [1.54, 1.807) is 6.07 Å². The highest BCUT2D eigenvalue weighted by atomic mass is 35.5. The third kappa shape index (κ3) is 4.44. The molecule has 5 nitrogen and oxygen atoms in total. The predicted octanol–water partition coefficient (Wildman–Crippen LogP) is 5.14. The van der Waals surface area contributed by atoms with Crippen molar-refractivity contribution in [3.05, 3.63) is 65.9 Å². The van der Waals surface area contributed by atoms with Gasteiger partial charge >= 0.3 is 0 Å². The fraction of sp³-hybridized carbons (Fsp3) is 0.0526. The average Bonchev–Trinajstić information content (AvgIpc) is 3.08. The van der Waals surface area contributed by atoms with E-state index in [9.17, 15) is 4.79 Å². The Morgan fingerprint density at radius 3 is 2.81 bits per heavy atom. The molecule has 0 unspecified atom stereocenters. The second kappa shape index (κ2) is 8.04. The number of carbonyl (C=O) groups excluding carboxylic acids is 1. The maximum absolute atomic E-state index is 12.2. The first-order chi connectivity index (χ1) is 13.2. The van der Waals surface area contributed by atoms with Gasteiger partial charge in [0, 0.05) is 10.6 Å². The molecule has 2 aromatic carbocycles. The Balaban J connectivity index is 1.40. The van der Waals surface area contributed by atoms with Crippen LogP contribution in [0.25, 0.3) is 21.5 Å². The molecule has 0 atom stereocenters. The number of nitrogens with one attached hydrogen (secondary N) is 1. The largest absolute Gasteiger partial charge is 0.301 e. The van der Waals surface area contributed by atoms with Gasteiger partial charge in [-0.2, -0.15) is 0 Å². The number of hydrogen-bond donors (Lipinski definition) is 1. The van der Waals surface area contributed by atoms with Crippen LogP contribution in [-0.4, -0.2) is 26.6 Å². The van der Waals surface area contributed by atoms with Gasteiger partial charge in [-0.1, -0.05) is 65.0 Å². The van der Waals surface area contributed by atoms with Gasteiger partial charge in [-0.05, 0) is 24.3 Å². The first-order valence-electron chi connectivity index (χ1n) is 8.03. The van der Waals surface area contributed by atoms with E-state index in [2.05, 4.69) is 20.3 Å². The van der Waals surface area contributed by atoms with Gasteiger partial charge in [-0.15, -0.1) is 0 Å². The fourth-order valence-electron chi connectivity index (χ4n) is 2.43. The van der Waals surface area contributed by atoms with Crippen LogP contribution < -0.4 is 5.32 Å². The van der Waals surface area contributed by atoms with E-state index >= 15 is 0 Å². The zero-order chi connectivity index (χ0) is 18.6. The van der Waals surface area contributed by atoms with Crippen molar-refractivity contribution in [1.29, 1.82) is 0 Å². The molecule has 0 fully saturated rings. The Morgan fingerprint density at radius 2 is 1.96 bits per heavy atom. The lowest BCUT2D eigenvalue weighted by Crippen LogP contribution is -2.13. The van der Waals surface area contributed by atoms with Crippen LogP contribution in [0.2, 0.25) is 5.02 Å². The number of carbonyl (C=O) groups is 1. The van der Waals surface area contributed by atoms with E-state index in [1.165, 1.54) is 29.4 Å². The molecule has 0 saturated heterocycles. The lowest BCUT2D eigenvalue weighted by atomic mass is 10.1. The summed E-state index contributed by atoms with van der Waals surface area (Å²) in [6, 6.07) is 17.2. The number of aromatic nitrogens is 3. The van der Waals surface area contributed by atoms with E-state index in [1.807, 2.05) is 48.5 Å². The van der Waals surface area contributed by atoms with Crippen molar-refractivity contribution in [3.63, 3.8) is 0 Å². The standard InChI is InChI=1S/C19H13ClN4OS2/c20-13-6-7-14-16(8-13)27-19(23-14)24-17(25)10-26-18-9-15(21-11-22-18)12-4-2-1-3-5-12/h1-9,11H,10H2,(H,23,24,25). The number of thioether (sulfide) groups is 1. The monoisotopic (exact) mass is 412 g/mol. The molecule has 4 rings (SSSR count). The van der Waals surface area contributed by atoms with E-state index in [-0.39, 0.29) is 11.7 Å². The molecule has 8 heteroatoms. The molecule has 0 aliphatic carbocycles. The van der Waals surface area contributed by atoms with Crippen molar-refractivity contribution in [2.45, 2.75) is 5.03 Å². The second-order valence-corrected chi connectivity index (χ2v) is 8.04. The average molecular weight is 413 g/mol. The van der Waals surface area contributed by atoms with Gasteiger partial charge in [0.2, 0.25) is 5.91 Å². The van der Waals surface area contributed by atoms with E-state index < -0.39 is 0 Å². The summed E-state index contributed by atoms with van der Waals surface area (Å²) < 4.78 is 0.939. The number of hydrogen-bond acceptors (Lipinski definition) is 6. The molecule has 0 saturated carbocycles. The third-order valence-electron chi connectivity index (χ3n) is 3.66. The summed E-state index contributed by atoms with van der Waals surface area (Å²) in [5.74, 6) is 0.104. The zero-order valence-electron chi connectivity index (χ0n) is 13.9. The summed E-state index contributed by atoms with van der Waals surface area (Å²) in [6.45, 7) is 0. The number of anilines is 1. The SMILES string of the molecule is O=C(CSc1cc(-c2ccccc2)ncn1)Nc1nc2ccc(Cl)cc2s1. The van der Waals surface area contributed by atoms with Crippen LogP contribution in [0.15, 0.2) is 66.0 Å². The summed E-state index contributed by atoms with van der Waals surface area (Å²) >= 11 is 8.74. The number of benzene rings is 2.